The average molecular weight is 250 g/mol. The molecule has 0 spiro atoms. The molecule has 0 aromatic carbocycles. The number of thiol groups is 2. The summed E-state index contributed by atoms with van der Waals surface area (Å²) in [5.41, 5.74) is 0. The van der Waals surface area contributed by atoms with E-state index in [1.165, 1.54) is 21.6 Å². The summed E-state index contributed by atoms with van der Waals surface area (Å²) in [4.78, 5) is 0. The van der Waals surface area contributed by atoms with Crippen molar-refractivity contribution < 1.29 is 8.42 Å². The van der Waals surface area contributed by atoms with Crippen molar-refractivity contribution >= 4 is 54.7 Å². The number of rotatable bonds is 6. The lowest BCUT2D eigenvalue weighted by Gasteiger charge is -1.99. The van der Waals surface area contributed by atoms with Crippen molar-refractivity contribution in [2.45, 2.75) is 0 Å². The van der Waals surface area contributed by atoms with Gasteiger partial charge in [0.2, 0.25) is 0 Å². The summed E-state index contributed by atoms with van der Waals surface area (Å²) in [5.74, 6) is 1.55. The van der Waals surface area contributed by atoms with Gasteiger partial charge in [-0.3, -0.25) is 0 Å². The molecule has 0 N–H and O–H groups in total. The Hall–Kier alpha value is 1.35. The van der Waals surface area contributed by atoms with Crippen LogP contribution in [-0.4, -0.2) is 31.4 Å². The lowest BCUT2D eigenvalue weighted by molar-refractivity contribution is 0.599. The zero-order valence-corrected chi connectivity index (χ0v) is 10.0. The molecule has 0 aliphatic heterocycles. The highest BCUT2D eigenvalue weighted by atomic mass is 33.1. The van der Waals surface area contributed by atoms with Crippen molar-refractivity contribution in [1.29, 1.82) is 0 Å². The Morgan fingerprint density at radius 3 is 1.64 bits per heavy atom. The van der Waals surface area contributed by atoms with E-state index in [4.69, 9.17) is 0 Å². The Balaban J connectivity index is 3.63. The third kappa shape index (κ3) is 7.70. The fourth-order valence-electron chi connectivity index (χ4n) is 0.431. The molecule has 0 rings (SSSR count). The Kier molecular flexibility index (Phi) is 7.66. The number of hydrogen-bond donors (Lipinski definition) is 2. The molecule has 0 aromatic rings. The quantitative estimate of drug-likeness (QED) is 0.554. The van der Waals surface area contributed by atoms with Crippen LogP contribution in [0.2, 0.25) is 0 Å². The SMILES string of the molecule is O=S(=O)(CCSS)CCSS. The van der Waals surface area contributed by atoms with Gasteiger partial charge in [0, 0.05) is 11.5 Å². The standard InChI is InChI=1S/C4H10O2S5/c5-11(6,3-1-9-7)4-2-10-8/h7-8H,1-4H2. The maximum absolute atomic E-state index is 11.1. The third-order valence-corrected chi connectivity index (χ3v) is 5.01. The molecule has 0 radical (unpaired) electrons. The molecule has 11 heavy (non-hydrogen) atoms. The van der Waals surface area contributed by atoms with E-state index in [1.807, 2.05) is 0 Å². The molecule has 0 unspecified atom stereocenters. The van der Waals surface area contributed by atoms with Crippen molar-refractivity contribution in [3.05, 3.63) is 0 Å². The first kappa shape index (κ1) is 12.3. The zero-order valence-electron chi connectivity index (χ0n) is 5.76. The maximum atomic E-state index is 11.1. The van der Waals surface area contributed by atoms with Crippen molar-refractivity contribution in [3.8, 4) is 0 Å². The number of hydrogen-bond acceptors (Lipinski definition) is 6. The summed E-state index contributed by atoms with van der Waals surface area (Å²) in [5, 5.41) is 0. The minimum absolute atomic E-state index is 0.218. The second-order valence-corrected chi connectivity index (χ2v) is 7.00. The van der Waals surface area contributed by atoms with Gasteiger partial charge in [0.05, 0.1) is 11.5 Å². The summed E-state index contributed by atoms with van der Waals surface area (Å²) >= 11 is 7.71. The van der Waals surface area contributed by atoms with E-state index in [0.717, 1.165) is 0 Å². The van der Waals surface area contributed by atoms with Gasteiger partial charge >= 0.3 is 0 Å². The first-order valence-corrected chi connectivity index (χ1v) is 8.75. The predicted molar refractivity (Wildman–Crippen MR) is 61.5 cm³/mol. The van der Waals surface area contributed by atoms with Crippen LogP contribution in [0.5, 0.6) is 0 Å². The van der Waals surface area contributed by atoms with Gasteiger partial charge in [-0.2, -0.15) is 0 Å². The molecule has 0 fully saturated rings. The molecule has 0 saturated heterocycles. The molecule has 0 aromatic heterocycles. The van der Waals surface area contributed by atoms with Crippen LogP contribution in [0, 0.1) is 0 Å². The van der Waals surface area contributed by atoms with Gasteiger partial charge in [0.1, 0.15) is 0 Å². The molecule has 0 saturated carbocycles. The summed E-state index contributed by atoms with van der Waals surface area (Å²) in [6, 6.07) is 0. The smallest absolute Gasteiger partial charge is 0.151 e. The third-order valence-electron chi connectivity index (χ3n) is 0.971. The van der Waals surface area contributed by atoms with Crippen LogP contribution in [0.25, 0.3) is 0 Å². The first-order valence-electron chi connectivity index (χ1n) is 2.85. The fourth-order valence-corrected chi connectivity index (χ4v) is 4.60. The van der Waals surface area contributed by atoms with Crippen LogP contribution in [-0.2, 0) is 9.84 Å². The molecular formula is C4H10O2S5. The zero-order chi connectivity index (χ0) is 8.74. The van der Waals surface area contributed by atoms with Crippen LogP contribution >= 0.6 is 44.9 Å². The van der Waals surface area contributed by atoms with Gasteiger partial charge in [-0.25, -0.2) is 8.42 Å². The molecule has 0 amide bonds. The minimum atomic E-state index is -2.85. The lowest BCUT2D eigenvalue weighted by Crippen LogP contribution is -2.13. The summed E-state index contributed by atoms with van der Waals surface area (Å²) < 4.78 is 22.1. The van der Waals surface area contributed by atoms with Crippen molar-refractivity contribution in [1.82, 2.24) is 0 Å². The summed E-state index contributed by atoms with van der Waals surface area (Å²) in [7, 11) is -0.343. The van der Waals surface area contributed by atoms with Crippen LogP contribution in [0.15, 0.2) is 0 Å². The number of sulfone groups is 1. The second-order valence-electron chi connectivity index (χ2n) is 1.82. The summed E-state index contributed by atoms with van der Waals surface area (Å²) in [6.45, 7) is 0. The normalized spacial score (nSPS) is 11.8. The molecule has 2 nitrogen and oxygen atoms in total. The topological polar surface area (TPSA) is 34.1 Å². The fraction of sp³-hybridized carbons (Fsp3) is 1.00. The molecule has 68 valence electrons. The van der Waals surface area contributed by atoms with E-state index in [9.17, 15) is 8.42 Å². The molecule has 0 aliphatic rings. The minimum Gasteiger partial charge on any atom is -0.229 e. The average Bonchev–Trinajstić information content (AvgIpc) is 1.97. The van der Waals surface area contributed by atoms with Crippen LogP contribution in [0.1, 0.15) is 0 Å². The van der Waals surface area contributed by atoms with Gasteiger partial charge in [-0.05, 0) is 0 Å². The second kappa shape index (κ2) is 6.82. The van der Waals surface area contributed by atoms with Gasteiger partial charge in [0.25, 0.3) is 0 Å². The molecule has 0 heterocycles. The van der Waals surface area contributed by atoms with E-state index in [2.05, 4.69) is 23.3 Å². The van der Waals surface area contributed by atoms with Crippen molar-refractivity contribution in [3.63, 3.8) is 0 Å². The van der Waals surface area contributed by atoms with Crippen LogP contribution in [0.3, 0.4) is 0 Å². The van der Waals surface area contributed by atoms with E-state index in [0.29, 0.717) is 11.5 Å². The van der Waals surface area contributed by atoms with E-state index in [-0.39, 0.29) is 11.5 Å². The Bertz CT molecular complexity index is 161. The maximum Gasteiger partial charge on any atom is 0.151 e. The van der Waals surface area contributed by atoms with E-state index < -0.39 is 9.84 Å². The van der Waals surface area contributed by atoms with Gasteiger partial charge in [-0.15, -0.1) is 23.3 Å². The molecule has 7 heteroatoms. The van der Waals surface area contributed by atoms with Crippen molar-refractivity contribution in [2.75, 3.05) is 23.0 Å². The van der Waals surface area contributed by atoms with Gasteiger partial charge < -0.3 is 0 Å². The summed E-state index contributed by atoms with van der Waals surface area (Å²) in [6.07, 6.45) is 0. The molecule has 0 bridgehead atoms. The van der Waals surface area contributed by atoms with Crippen molar-refractivity contribution in [2.24, 2.45) is 0 Å². The molecule has 0 atom stereocenters. The monoisotopic (exact) mass is 250 g/mol. The Morgan fingerprint density at radius 1 is 1.00 bits per heavy atom. The van der Waals surface area contributed by atoms with E-state index >= 15 is 0 Å². The molecule has 0 aliphatic carbocycles. The highest BCUT2D eigenvalue weighted by Crippen LogP contribution is 2.09. The predicted octanol–water partition coefficient (Wildman–Crippen LogP) is 1.56. The van der Waals surface area contributed by atoms with Gasteiger partial charge in [0.15, 0.2) is 9.84 Å². The Morgan fingerprint density at radius 2 is 1.36 bits per heavy atom. The highest BCUT2D eigenvalue weighted by Gasteiger charge is 2.08. The van der Waals surface area contributed by atoms with Crippen LogP contribution in [0.4, 0.5) is 0 Å². The lowest BCUT2D eigenvalue weighted by atomic mass is 10.9. The molecular weight excluding hydrogens is 240 g/mol. The Labute approximate surface area is 85.8 Å². The largest absolute Gasteiger partial charge is 0.229 e. The van der Waals surface area contributed by atoms with Crippen LogP contribution < -0.4 is 0 Å². The highest BCUT2D eigenvalue weighted by molar-refractivity contribution is 8.69. The van der Waals surface area contributed by atoms with E-state index in [1.54, 1.807) is 0 Å². The van der Waals surface area contributed by atoms with Gasteiger partial charge in [-0.1, -0.05) is 21.6 Å². The first-order chi connectivity index (χ1) is 5.12.